The SMILES string of the molecule is CN1CCN(c2ccc(C(=O)O)c(NC3CCOCC3)c2)CC1. The average molecular weight is 319 g/mol. The maximum atomic E-state index is 11.5. The van der Waals surface area contributed by atoms with Crippen molar-refractivity contribution < 1.29 is 14.6 Å². The molecule has 1 aromatic rings. The van der Waals surface area contributed by atoms with Crippen molar-refractivity contribution in [3.05, 3.63) is 23.8 Å². The number of benzene rings is 1. The average Bonchev–Trinajstić information content (AvgIpc) is 2.56. The number of rotatable bonds is 4. The van der Waals surface area contributed by atoms with Gasteiger partial charge in [-0.25, -0.2) is 4.79 Å². The first kappa shape index (κ1) is 16.1. The molecule has 23 heavy (non-hydrogen) atoms. The summed E-state index contributed by atoms with van der Waals surface area (Å²) in [5, 5.41) is 12.9. The fraction of sp³-hybridized carbons (Fsp3) is 0.588. The normalized spacial score (nSPS) is 20.5. The minimum absolute atomic E-state index is 0.282. The van der Waals surface area contributed by atoms with Crippen LogP contribution in [0.3, 0.4) is 0 Å². The monoisotopic (exact) mass is 319 g/mol. The molecule has 2 saturated heterocycles. The molecule has 0 atom stereocenters. The van der Waals surface area contributed by atoms with Crippen LogP contribution in [-0.4, -0.2) is 68.5 Å². The predicted octanol–water partition coefficient (Wildman–Crippen LogP) is 1.73. The van der Waals surface area contributed by atoms with Crippen molar-refractivity contribution in [1.29, 1.82) is 0 Å². The van der Waals surface area contributed by atoms with E-state index in [2.05, 4.69) is 22.2 Å². The number of ether oxygens (including phenoxy) is 1. The summed E-state index contributed by atoms with van der Waals surface area (Å²) in [5.74, 6) is -0.885. The Morgan fingerprint density at radius 2 is 1.91 bits per heavy atom. The quantitative estimate of drug-likeness (QED) is 0.881. The second-order valence-corrected chi connectivity index (χ2v) is 6.36. The highest BCUT2D eigenvalue weighted by atomic mass is 16.5. The Morgan fingerprint density at radius 3 is 2.57 bits per heavy atom. The van der Waals surface area contributed by atoms with Crippen molar-refractivity contribution in [3.63, 3.8) is 0 Å². The van der Waals surface area contributed by atoms with Crippen molar-refractivity contribution in [2.24, 2.45) is 0 Å². The first-order valence-corrected chi connectivity index (χ1v) is 8.28. The number of carbonyl (C=O) groups is 1. The number of anilines is 2. The molecule has 0 unspecified atom stereocenters. The fourth-order valence-electron chi connectivity index (χ4n) is 3.16. The number of hydrogen-bond donors (Lipinski definition) is 2. The molecule has 6 nitrogen and oxygen atoms in total. The number of carboxylic acids is 1. The highest BCUT2D eigenvalue weighted by molar-refractivity contribution is 5.95. The molecule has 2 heterocycles. The van der Waals surface area contributed by atoms with Crippen LogP contribution in [0.15, 0.2) is 18.2 Å². The molecule has 0 aliphatic carbocycles. The molecule has 2 aliphatic rings. The summed E-state index contributed by atoms with van der Waals surface area (Å²) >= 11 is 0. The van der Waals surface area contributed by atoms with E-state index in [1.165, 1.54) is 0 Å². The van der Waals surface area contributed by atoms with E-state index in [4.69, 9.17) is 4.74 Å². The van der Waals surface area contributed by atoms with Crippen LogP contribution in [-0.2, 0) is 4.74 Å². The Kier molecular flexibility index (Phi) is 5.03. The lowest BCUT2D eigenvalue weighted by atomic mass is 10.1. The van der Waals surface area contributed by atoms with Gasteiger partial charge in [0.05, 0.1) is 11.3 Å². The molecule has 2 fully saturated rings. The maximum Gasteiger partial charge on any atom is 0.337 e. The van der Waals surface area contributed by atoms with Gasteiger partial charge in [-0.15, -0.1) is 0 Å². The molecule has 2 aliphatic heterocycles. The molecule has 0 aromatic heterocycles. The van der Waals surface area contributed by atoms with E-state index in [1.807, 2.05) is 12.1 Å². The standard InChI is InChI=1S/C17H25N3O3/c1-19-6-8-20(9-7-19)14-2-3-15(17(21)22)16(12-14)18-13-4-10-23-11-5-13/h2-3,12-13,18H,4-11H2,1H3,(H,21,22). The molecular formula is C17H25N3O3. The molecule has 3 rings (SSSR count). The summed E-state index contributed by atoms with van der Waals surface area (Å²) in [7, 11) is 2.13. The number of nitrogens with one attached hydrogen (secondary N) is 1. The summed E-state index contributed by atoms with van der Waals surface area (Å²) in [6.45, 7) is 5.47. The van der Waals surface area contributed by atoms with Gasteiger partial charge in [-0.3, -0.25) is 0 Å². The van der Waals surface area contributed by atoms with Crippen LogP contribution in [0.2, 0.25) is 0 Å². The Hall–Kier alpha value is -1.79. The molecule has 0 radical (unpaired) electrons. The number of nitrogens with zero attached hydrogens (tertiary/aromatic N) is 2. The summed E-state index contributed by atoms with van der Waals surface area (Å²) in [5.41, 5.74) is 2.16. The van der Waals surface area contributed by atoms with Gasteiger partial charge in [-0.1, -0.05) is 0 Å². The molecule has 0 spiro atoms. The first-order valence-electron chi connectivity index (χ1n) is 8.28. The summed E-state index contributed by atoms with van der Waals surface area (Å²) in [4.78, 5) is 16.1. The van der Waals surface area contributed by atoms with E-state index < -0.39 is 5.97 Å². The third kappa shape index (κ3) is 3.95. The van der Waals surface area contributed by atoms with Crippen molar-refractivity contribution in [2.75, 3.05) is 56.7 Å². The Labute approximate surface area is 137 Å². The van der Waals surface area contributed by atoms with Gasteiger partial charge < -0.3 is 25.0 Å². The van der Waals surface area contributed by atoms with Crippen LogP contribution < -0.4 is 10.2 Å². The van der Waals surface area contributed by atoms with Gasteiger partial charge in [0.2, 0.25) is 0 Å². The second kappa shape index (κ2) is 7.19. The van der Waals surface area contributed by atoms with E-state index in [-0.39, 0.29) is 6.04 Å². The van der Waals surface area contributed by atoms with Gasteiger partial charge in [0.25, 0.3) is 0 Å². The van der Waals surface area contributed by atoms with Crippen LogP contribution in [0.4, 0.5) is 11.4 Å². The third-order valence-corrected chi connectivity index (χ3v) is 4.68. The Balaban J connectivity index is 1.79. The van der Waals surface area contributed by atoms with Crippen LogP contribution in [0.1, 0.15) is 23.2 Å². The highest BCUT2D eigenvalue weighted by Crippen LogP contribution is 2.27. The zero-order chi connectivity index (χ0) is 16.2. The maximum absolute atomic E-state index is 11.5. The number of aromatic carboxylic acids is 1. The van der Waals surface area contributed by atoms with Crippen LogP contribution in [0.5, 0.6) is 0 Å². The summed E-state index contributed by atoms with van der Waals surface area (Å²) < 4.78 is 5.37. The smallest absolute Gasteiger partial charge is 0.337 e. The topological polar surface area (TPSA) is 65.0 Å². The first-order chi connectivity index (χ1) is 11.1. The Bertz CT molecular complexity index is 550. The largest absolute Gasteiger partial charge is 0.478 e. The van der Waals surface area contributed by atoms with Gasteiger partial charge >= 0.3 is 5.97 Å². The minimum Gasteiger partial charge on any atom is -0.478 e. The van der Waals surface area contributed by atoms with E-state index in [1.54, 1.807) is 6.07 Å². The van der Waals surface area contributed by atoms with Crippen LogP contribution in [0, 0.1) is 0 Å². The van der Waals surface area contributed by atoms with Gasteiger partial charge in [-0.2, -0.15) is 0 Å². The van der Waals surface area contributed by atoms with E-state index in [0.29, 0.717) is 5.56 Å². The van der Waals surface area contributed by atoms with E-state index >= 15 is 0 Å². The molecule has 0 bridgehead atoms. The van der Waals surface area contributed by atoms with E-state index in [9.17, 15) is 9.90 Å². The molecule has 6 heteroatoms. The van der Waals surface area contributed by atoms with Crippen molar-refractivity contribution >= 4 is 17.3 Å². The van der Waals surface area contributed by atoms with Crippen LogP contribution >= 0.6 is 0 Å². The molecular weight excluding hydrogens is 294 g/mol. The zero-order valence-electron chi connectivity index (χ0n) is 13.6. The lowest BCUT2D eigenvalue weighted by Gasteiger charge is -2.34. The summed E-state index contributed by atoms with van der Waals surface area (Å²) in [6, 6.07) is 5.91. The lowest BCUT2D eigenvalue weighted by Crippen LogP contribution is -2.44. The molecule has 1 aromatic carbocycles. The minimum atomic E-state index is -0.885. The number of hydrogen-bond acceptors (Lipinski definition) is 5. The predicted molar refractivity (Wildman–Crippen MR) is 90.6 cm³/mol. The Morgan fingerprint density at radius 1 is 1.22 bits per heavy atom. The second-order valence-electron chi connectivity index (χ2n) is 6.36. The summed E-state index contributed by atoms with van der Waals surface area (Å²) in [6.07, 6.45) is 1.83. The molecule has 0 saturated carbocycles. The van der Waals surface area contributed by atoms with Gasteiger partial charge in [0.1, 0.15) is 0 Å². The van der Waals surface area contributed by atoms with Crippen molar-refractivity contribution in [2.45, 2.75) is 18.9 Å². The molecule has 0 amide bonds. The zero-order valence-corrected chi connectivity index (χ0v) is 13.6. The van der Waals surface area contributed by atoms with Gasteiger partial charge in [-0.05, 0) is 38.1 Å². The number of likely N-dealkylation sites (N-methyl/N-ethyl adjacent to an activating group) is 1. The van der Waals surface area contributed by atoms with Gasteiger partial charge in [0.15, 0.2) is 0 Å². The fourth-order valence-corrected chi connectivity index (χ4v) is 3.16. The molecule has 126 valence electrons. The van der Waals surface area contributed by atoms with Crippen molar-refractivity contribution in [3.8, 4) is 0 Å². The van der Waals surface area contributed by atoms with E-state index in [0.717, 1.165) is 63.6 Å². The lowest BCUT2D eigenvalue weighted by molar-refractivity contribution is 0.0697. The van der Waals surface area contributed by atoms with Crippen molar-refractivity contribution in [1.82, 2.24) is 4.90 Å². The number of piperazine rings is 1. The molecule has 2 N–H and O–H groups in total. The third-order valence-electron chi connectivity index (χ3n) is 4.68. The highest BCUT2D eigenvalue weighted by Gasteiger charge is 2.20. The number of carboxylic acid groups (broad SMARTS) is 1. The van der Waals surface area contributed by atoms with Crippen LogP contribution in [0.25, 0.3) is 0 Å². The van der Waals surface area contributed by atoms with Gasteiger partial charge in [0, 0.05) is 51.1 Å².